The van der Waals surface area contributed by atoms with Gasteiger partial charge >= 0.3 is 6.09 Å². The molecule has 1 aromatic carbocycles. The van der Waals surface area contributed by atoms with Gasteiger partial charge in [0.2, 0.25) is 0 Å². The van der Waals surface area contributed by atoms with Crippen LogP contribution in [0.25, 0.3) is 0 Å². The Morgan fingerprint density at radius 2 is 2.10 bits per heavy atom. The number of halogens is 2. The molecular weight excluding hydrogens is 325 g/mol. The summed E-state index contributed by atoms with van der Waals surface area (Å²) in [6.45, 7) is 5.46. The summed E-state index contributed by atoms with van der Waals surface area (Å²) in [6.07, 6.45) is 1.28. The van der Waals surface area contributed by atoms with Gasteiger partial charge in [-0.2, -0.15) is 0 Å². The number of ether oxygens (including phenoxy) is 1. The Labute approximate surface area is 127 Å². The van der Waals surface area contributed by atoms with Crippen LogP contribution >= 0.6 is 15.9 Å². The molecule has 0 unspecified atom stereocenters. The van der Waals surface area contributed by atoms with E-state index in [2.05, 4.69) is 21.2 Å². The molecule has 1 aromatic rings. The number of hydrogen-bond acceptors (Lipinski definition) is 2. The topological polar surface area (TPSA) is 38.3 Å². The minimum atomic E-state index is -0.522. The molecule has 0 radical (unpaired) electrons. The predicted molar refractivity (Wildman–Crippen MR) is 79.2 cm³/mol. The maximum atomic E-state index is 13.9. The fraction of sp³-hybridized carbons (Fsp3) is 0.533. The summed E-state index contributed by atoms with van der Waals surface area (Å²) in [6, 6.07) is 4.99. The third-order valence-electron chi connectivity index (χ3n) is 3.34. The lowest BCUT2D eigenvalue weighted by atomic mass is 9.75. The van der Waals surface area contributed by atoms with Crippen LogP contribution in [0.5, 0.6) is 0 Å². The summed E-state index contributed by atoms with van der Waals surface area (Å²) in [4.78, 5) is 11.7. The molecule has 1 saturated carbocycles. The molecule has 1 aliphatic carbocycles. The van der Waals surface area contributed by atoms with Crippen LogP contribution in [0, 0.1) is 5.82 Å². The summed E-state index contributed by atoms with van der Waals surface area (Å²) in [5, 5.41) is 2.82. The maximum absolute atomic E-state index is 13.9. The van der Waals surface area contributed by atoms with Gasteiger partial charge in [0.25, 0.3) is 0 Å². The van der Waals surface area contributed by atoms with E-state index < -0.39 is 11.7 Å². The summed E-state index contributed by atoms with van der Waals surface area (Å²) >= 11 is 3.24. The molecule has 5 heteroatoms. The second-order valence-corrected chi connectivity index (χ2v) is 7.02. The first-order valence-electron chi connectivity index (χ1n) is 6.71. The van der Waals surface area contributed by atoms with E-state index in [1.807, 2.05) is 26.8 Å². The van der Waals surface area contributed by atoms with E-state index in [-0.39, 0.29) is 17.8 Å². The Hall–Kier alpha value is -1.10. The van der Waals surface area contributed by atoms with Gasteiger partial charge in [0.05, 0.1) is 0 Å². The highest BCUT2D eigenvalue weighted by atomic mass is 79.9. The van der Waals surface area contributed by atoms with Gasteiger partial charge < -0.3 is 10.1 Å². The van der Waals surface area contributed by atoms with Crippen molar-refractivity contribution < 1.29 is 13.9 Å². The first-order valence-corrected chi connectivity index (χ1v) is 7.50. The van der Waals surface area contributed by atoms with Crippen LogP contribution in [0.1, 0.15) is 45.1 Å². The van der Waals surface area contributed by atoms with E-state index in [0.717, 1.165) is 17.3 Å². The Bertz CT molecular complexity index is 513. The number of nitrogens with one attached hydrogen (secondary N) is 1. The molecular formula is C15H19BrFNO2. The van der Waals surface area contributed by atoms with Crippen molar-refractivity contribution in [1.29, 1.82) is 0 Å². The van der Waals surface area contributed by atoms with Gasteiger partial charge in [-0.25, -0.2) is 9.18 Å². The Kier molecular flexibility index (Phi) is 4.37. The zero-order valence-electron chi connectivity index (χ0n) is 11.9. The third-order valence-corrected chi connectivity index (χ3v) is 3.83. The maximum Gasteiger partial charge on any atom is 0.407 e. The van der Waals surface area contributed by atoms with Gasteiger partial charge in [-0.1, -0.05) is 22.0 Å². The minimum Gasteiger partial charge on any atom is -0.444 e. The molecule has 0 bridgehead atoms. The van der Waals surface area contributed by atoms with Crippen LogP contribution in [0.4, 0.5) is 9.18 Å². The summed E-state index contributed by atoms with van der Waals surface area (Å²) in [5.41, 5.74) is 0.132. The fourth-order valence-electron chi connectivity index (χ4n) is 2.31. The Morgan fingerprint density at radius 3 is 2.60 bits per heavy atom. The van der Waals surface area contributed by atoms with Gasteiger partial charge in [0.1, 0.15) is 11.4 Å². The zero-order chi connectivity index (χ0) is 14.9. The lowest BCUT2D eigenvalue weighted by Gasteiger charge is -2.38. The largest absolute Gasteiger partial charge is 0.444 e. The highest BCUT2D eigenvalue weighted by Gasteiger charge is 2.35. The Morgan fingerprint density at radius 1 is 1.40 bits per heavy atom. The molecule has 1 amide bonds. The van der Waals surface area contributed by atoms with Crippen LogP contribution in [0.3, 0.4) is 0 Å². The number of alkyl carbamates (subject to hydrolysis) is 1. The smallest absolute Gasteiger partial charge is 0.407 e. The number of carbonyl (C=O) groups is 1. The predicted octanol–water partition coefficient (Wildman–Crippen LogP) is 4.36. The number of amides is 1. The van der Waals surface area contributed by atoms with Gasteiger partial charge in [-0.15, -0.1) is 0 Å². The molecule has 0 spiro atoms. The average molecular weight is 344 g/mol. The third kappa shape index (κ3) is 3.72. The monoisotopic (exact) mass is 343 g/mol. The van der Waals surface area contributed by atoms with Crippen LogP contribution in [-0.4, -0.2) is 17.7 Å². The number of rotatable bonds is 2. The number of benzene rings is 1. The van der Waals surface area contributed by atoms with Crippen molar-refractivity contribution in [3.8, 4) is 0 Å². The van der Waals surface area contributed by atoms with E-state index in [1.165, 1.54) is 6.07 Å². The van der Waals surface area contributed by atoms with Crippen molar-refractivity contribution in [3.63, 3.8) is 0 Å². The van der Waals surface area contributed by atoms with Crippen molar-refractivity contribution >= 4 is 22.0 Å². The standard InChI is InChI=1S/C15H19BrFNO2/c1-15(2,3)20-14(19)18-13-7-6-11(13)10-5-4-9(16)8-12(10)17/h4-5,8,11,13H,6-7H2,1-3H3,(H,18,19)/t11-,13+/m0/s1. The SMILES string of the molecule is CC(C)(C)OC(=O)N[C@@H]1CC[C@H]1c1ccc(Br)cc1F. The molecule has 2 atom stereocenters. The molecule has 2 rings (SSSR count). The number of carbonyl (C=O) groups excluding carboxylic acids is 1. The van der Waals surface area contributed by atoms with Gasteiger partial charge in [-0.3, -0.25) is 0 Å². The minimum absolute atomic E-state index is 0.0237. The van der Waals surface area contributed by atoms with Crippen LogP contribution < -0.4 is 5.32 Å². The van der Waals surface area contributed by atoms with E-state index in [4.69, 9.17) is 4.74 Å². The quantitative estimate of drug-likeness (QED) is 0.866. The van der Waals surface area contributed by atoms with Crippen molar-refractivity contribution in [3.05, 3.63) is 34.1 Å². The average Bonchev–Trinajstić information content (AvgIpc) is 2.26. The lowest BCUT2D eigenvalue weighted by molar-refractivity contribution is 0.0465. The van der Waals surface area contributed by atoms with E-state index in [1.54, 1.807) is 6.07 Å². The second-order valence-electron chi connectivity index (χ2n) is 6.10. The molecule has 1 aliphatic rings. The molecule has 0 heterocycles. The molecule has 0 aliphatic heterocycles. The first kappa shape index (κ1) is 15.3. The van der Waals surface area contributed by atoms with E-state index >= 15 is 0 Å². The molecule has 20 heavy (non-hydrogen) atoms. The molecule has 1 N–H and O–H groups in total. The second kappa shape index (κ2) is 5.72. The number of hydrogen-bond donors (Lipinski definition) is 1. The summed E-state index contributed by atoms with van der Waals surface area (Å²) < 4.78 is 19.9. The van der Waals surface area contributed by atoms with Crippen LogP contribution in [0.15, 0.2) is 22.7 Å². The fourth-order valence-corrected chi connectivity index (χ4v) is 2.64. The van der Waals surface area contributed by atoms with E-state index in [9.17, 15) is 9.18 Å². The highest BCUT2D eigenvalue weighted by Crippen LogP contribution is 2.38. The van der Waals surface area contributed by atoms with Crippen molar-refractivity contribution in [2.45, 2.75) is 51.2 Å². The lowest BCUT2D eigenvalue weighted by Crippen LogP contribution is -2.47. The first-order chi connectivity index (χ1) is 9.26. The zero-order valence-corrected chi connectivity index (χ0v) is 13.5. The van der Waals surface area contributed by atoms with Crippen molar-refractivity contribution in [2.75, 3.05) is 0 Å². The molecule has 3 nitrogen and oxygen atoms in total. The normalized spacial score (nSPS) is 22.1. The van der Waals surface area contributed by atoms with E-state index in [0.29, 0.717) is 5.56 Å². The molecule has 110 valence electrons. The van der Waals surface area contributed by atoms with Gasteiger partial charge in [0, 0.05) is 16.4 Å². The summed E-state index contributed by atoms with van der Waals surface area (Å²) in [7, 11) is 0. The van der Waals surface area contributed by atoms with Crippen molar-refractivity contribution in [1.82, 2.24) is 5.32 Å². The van der Waals surface area contributed by atoms with Crippen molar-refractivity contribution in [2.24, 2.45) is 0 Å². The van der Waals surface area contributed by atoms with Gasteiger partial charge in [0.15, 0.2) is 0 Å². The molecule has 1 fully saturated rings. The summed E-state index contributed by atoms with van der Waals surface area (Å²) in [5.74, 6) is -0.212. The Balaban J connectivity index is 2.00. The molecule has 0 saturated heterocycles. The van der Waals surface area contributed by atoms with Crippen LogP contribution in [0.2, 0.25) is 0 Å². The molecule has 0 aromatic heterocycles. The van der Waals surface area contributed by atoms with Gasteiger partial charge in [-0.05, 0) is 51.3 Å². The highest BCUT2D eigenvalue weighted by molar-refractivity contribution is 9.10. The van der Waals surface area contributed by atoms with Crippen LogP contribution in [-0.2, 0) is 4.74 Å².